The molecule has 0 saturated carbocycles. The number of ether oxygens (including phenoxy) is 1. The minimum absolute atomic E-state index is 0.0567. The summed E-state index contributed by atoms with van der Waals surface area (Å²) < 4.78 is 7.28. The van der Waals surface area contributed by atoms with Crippen molar-refractivity contribution in [2.45, 2.75) is 26.9 Å². The SMILES string of the molecule is CCn1nnnc1NCc1cccc(OCC(=O)Nc2ccc(C)cc2)c1. The van der Waals surface area contributed by atoms with Crippen molar-refractivity contribution in [1.82, 2.24) is 20.2 Å². The number of nitrogens with zero attached hydrogens (tertiary/aromatic N) is 4. The van der Waals surface area contributed by atoms with Crippen LogP contribution in [0.2, 0.25) is 0 Å². The Balaban J connectivity index is 1.51. The van der Waals surface area contributed by atoms with Gasteiger partial charge in [-0.15, -0.1) is 0 Å². The first-order chi connectivity index (χ1) is 13.1. The molecule has 0 aliphatic carbocycles. The Morgan fingerprint density at radius 1 is 1.19 bits per heavy atom. The largest absolute Gasteiger partial charge is 0.484 e. The van der Waals surface area contributed by atoms with E-state index in [0.29, 0.717) is 24.8 Å². The molecule has 2 N–H and O–H groups in total. The second kappa shape index (κ2) is 8.79. The van der Waals surface area contributed by atoms with E-state index in [1.165, 1.54) is 0 Å². The van der Waals surface area contributed by atoms with Crippen LogP contribution in [0.4, 0.5) is 11.6 Å². The highest BCUT2D eigenvalue weighted by Crippen LogP contribution is 2.15. The minimum Gasteiger partial charge on any atom is -0.484 e. The van der Waals surface area contributed by atoms with Gasteiger partial charge >= 0.3 is 0 Å². The van der Waals surface area contributed by atoms with Gasteiger partial charge in [0.05, 0.1) is 0 Å². The molecule has 1 heterocycles. The van der Waals surface area contributed by atoms with Crippen LogP contribution in [0.5, 0.6) is 5.75 Å². The Labute approximate surface area is 157 Å². The molecule has 1 amide bonds. The van der Waals surface area contributed by atoms with Crippen molar-refractivity contribution < 1.29 is 9.53 Å². The molecule has 0 radical (unpaired) electrons. The molecule has 2 aromatic carbocycles. The highest BCUT2D eigenvalue weighted by atomic mass is 16.5. The Bertz CT molecular complexity index is 891. The number of nitrogens with one attached hydrogen (secondary N) is 2. The van der Waals surface area contributed by atoms with E-state index in [4.69, 9.17) is 4.74 Å². The summed E-state index contributed by atoms with van der Waals surface area (Å²) in [5, 5.41) is 17.4. The van der Waals surface area contributed by atoms with E-state index >= 15 is 0 Å². The van der Waals surface area contributed by atoms with Crippen LogP contribution >= 0.6 is 0 Å². The lowest BCUT2D eigenvalue weighted by Crippen LogP contribution is -2.20. The monoisotopic (exact) mass is 366 g/mol. The number of hydrogen-bond donors (Lipinski definition) is 2. The van der Waals surface area contributed by atoms with Crippen LogP contribution in [-0.2, 0) is 17.9 Å². The number of aryl methyl sites for hydroxylation is 2. The predicted octanol–water partition coefficient (Wildman–Crippen LogP) is 2.63. The number of benzene rings is 2. The van der Waals surface area contributed by atoms with E-state index in [0.717, 1.165) is 16.8 Å². The van der Waals surface area contributed by atoms with E-state index in [2.05, 4.69) is 26.2 Å². The summed E-state index contributed by atoms with van der Waals surface area (Å²) in [5.74, 6) is 1.04. The summed E-state index contributed by atoms with van der Waals surface area (Å²) >= 11 is 0. The lowest BCUT2D eigenvalue weighted by atomic mass is 10.2. The Kier molecular flexibility index (Phi) is 5.98. The topological polar surface area (TPSA) is 94.0 Å². The van der Waals surface area contributed by atoms with Crippen molar-refractivity contribution in [2.75, 3.05) is 17.2 Å². The molecular weight excluding hydrogens is 344 g/mol. The molecule has 140 valence electrons. The van der Waals surface area contributed by atoms with E-state index < -0.39 is 0 Å². The fourth-order valence-electron chi connectivity index (χ4n) is 2.45. The number of tetrazole rings is 1. The molecule has 0 unspecified atom stereocenters. The quantitative estimate of drug-likeness (QED) is 0.636. The van der Waals surface area contributed by atoms with Gasteiger partial charge in [-0.1, -0.05) is 34.9 Å². The van der Waals surface area contributed by atoms with Crippen LogP contribution in [0, 0.1) is 6.92 Å². The van der Waals surface area contributed by atoms with Crippen molar-refractivity contribution in [1.29, 1.82) is 0 Å². The predicted molar refractivity (Wildman–Crippen MR) is 103 cm³/mol. The van der Waals surface area contributed by atoms with Crippen LogP contribution < -0.4 is 15.4 Å². The molecule has 1 aromatic heterocycles. The standard InChI is InChI=1S/C19H22N6O2/c1-3-25-19(22-23-24-25)20-12-15-5-4-6-17(11-15)27-13-18(26)21-16-9-7-14(2)8-10-16/h4-11H,3,12-13H2,1-2H3,(H,21,26)(H,20,22,24). The van der Waals surface area contributed by atoms with Crippen molar-refractivity contribution in [2.24, 2.45) is 0 Å². The van der Waals surface area contributed by atoms with Gasteiger partial charge in [0.15, 0.2) is 6.61 Å². The van der Waals surface area contributed by atoms with Gasteiger partial charge in [-0.2, -0.15) is 0 Å². The lowest BCUT2D eigenvalue weighted by Gasteiger charge is -2.10. The van der Waals surface area contributed by atoms with Gasteiger partial charge in [-0.3, -0.25) is 4.79 Å². The molecule has 0 atom stereocenters. The van der Waals surface area contributed by atoms with Crippen molar-refractivity contribution in [3.8, 4) is 5.75 Å². The van der Waals surface area contributed by atoms with Crippen LogP contribution in [-0.4, -0.2) is 32.7 Å². The van der Waals surface area contributed by atoms with Crippen molar-refractivity contribution >= 4 is 17.5 Å². The summed E-state index contributed by atoms with van der Waals surface area (Å²) in [7, 11) is 0. The lowest BCUT2D eigenvalue weighted by molar-refractivity contribution is -0.118. The molecule has 0 fully saturated rings. The third-order valence-electron chi connectivity index (χ3n) is 3.89. The van der Waals surface area contributed by atoms with Crippen molar-refractivity contribution in [3.63, 3.8) is 0 Å². The average Bonchev–Trinajstić information content (AvgIpc) is 3.14. The second-order valence-corrected chi connectivity index (χ2v) is 6.02. The first-order valence-corrected chi connectivity index (χ1v) is 8.72. The number of carbonyl (C=O) groups is 1. The normalized spacial score (nSPS) is 10.4. The number of hydrogen-bond acceptors (Lipinski definition) is 6. The summed E-state index contributed by atoms with van der Waals surface area (Å²) in [6.45, 7) is 5.15. The zero-order chi connectivity index (χ0) is 19.1. The third-order valence-corrected chi connectivity index (χ3v) is 3.89. The minimum atomic E-state index is -0.204. The molecule has 3 rings (SSSR count). The van der Waals surface area contributed by atoms with Crippen molar-refractivity contribution in [3.05, 3.63) is 59.7 Å². The van der Waals surface area contributed by atoms with Gasteiger partial charge in [0.2, 0.25) is 5.95 Å². The maximum Gasteiger partial charge on any atom is 0.262 e. The molecular formula is C19H22N6O2. The smallest absolute Gasteiger partial charge is 0.262 e. The highest BCUT2D eigenvalue weighted by Gasteiger charge is 2.06. The first kappa shape index (κ1) is 18.4. The molecule has 8 nitrogen and oxygen atoms in total. The van der Waals surface area contributed by atoms with Crippen LogP contribution in [0.1, 0.15) is 18.1 Å². The molecule has 0 spiro atoms. The van der Waals surface area contributed by atoms with Crippen LogP contribution in [0.25, 0.3) is 0 Å². The Hall–Kier alpha value is -3.42. The van der Waals surface area contributed by atoms with Gasteiger partial charge in [0, 0.05) is 18.8 Å². The number of anilines is 2. The first-order valence-electron chi connectivity index (χ1n) is 8.72. The van der Waals surface area contributed by atoms with E-state index in [-0.39, 0.29) is 12.5 Å². The summed E-state index contributed by atoms with van der Waals surface area (Å²) in [4.78, 5) is 12.0. The summed E-state index contributed by atoms with van der Waals surface area (Å²) in [5.41, 5.74) is 2.89. The molecule has 0 aliphatic heterocycles. The van der Waals surface area contributed by atoms with Crippen LogP contribution in [0.15, 0.2) is 48.5 Å². The zero-order valence-corrected chi connectivity index (χ0v) is 15.3. The number of rotatable bonds is 8. The van der Waals surface area contributed by atoms with Gasteiger partial charge in [-0.25, -0.2) is 4.68 Å². The number of carbonyl (C=O) groups excluding carboxylic acids is 1. The van der Waals surface area contributed by atoms with Crippen LogP contribution in [0.3, 0.4) is 0 Å². The summed E-state index contributed by atoms with van der Waals surface area (Å²) in [6.07, 6.45) is 0. The molecule has 8 heteroatoms. The maximum atomic E-state index is 12.0. The molecule has 0 bridgehead atoms. The highest BCUT2D eigenvalue weighted by molar-refractivity contribution is 5.91. The van der Waals surface area contributed by atoms with Gasteiger partial charge in [0.1, 0.15) is 5.75 Å². The Morgan fingerprint density at radius 3 is 2.78 bits per heavy atom. The second-order valence-electron chi connectivity index (χ2n) is 6.02. The summed E-state index contributed by atoms with van der Waals surface area (Å²) in [6, 6.07) is 15.2. The van der Waals surface area contributed by atoms with E-state index in [1.54, 1.807) is 4.68 Å². The molecule has 27 heavy (non-hydrogen) atoms. The molecule has 0 aliphatic rings. The zero-order valence-electron chi connectivity index (χ0n) is 15.3. The van der Waals surface area contributed by atoms with E-state index in [1.807, 2.05) is 62.4 Å². The van der Waals surface area contributed by atoms with Gasteiger partial charge < -0.3 is 15.4 Å². The maximum absolute atomic E-state index is 12.0. The van der Waals surface area contributed by atoms with Gasteiger partial charge in [-0.05, 0) is 54.1 Å². The molecule has 3 aromatic rings. The van der Waals surface area contributed by atoms with E-state index in [9.17, 15) is 4.79 Å². The number of amides is 1. The fraction of sp³-hybridized carbons (Fsp3) is 0.263. The average molecular weight is 366 g/mol. The van der Waals surface area contributed by atoms with Gasteiger partial charge in [0.25, 0.3) is 5.91 Å². The fourth-order valence-corrected chi connectivity index (χ4v) is 2.45. The molecule has 0 saturated heterocycles. The Morgan fingerprint density at radius 2 is 2.00 bits per heavy atom. The third kappa shape index (κ3) is 5.27. The number of aromatic nitrogens is 4.